The first-order valence-electron chi connectivity index (χ1n) is 34.6. The second-order valence-electron chi connectivity index (χ2n) is 25.0. The number of aromatic nitrogens is 6. The molecule has 0 fully saturated rings. The molecule has 0 bridgehead atoms. The first-order chi connectivity index (χ1) is 56.4. The lowest BCUT2D eigenvalue weighted by Crippen LogP contribution is -2.18. The van der Waals surface area contributed by atoms with Gasteiger partial charge in [0.1, 0.15) is 22.7 Å². The molecule has 0 saturated heterocycles. The van der Waals surface area contributed by atoms with E-state index in [1.54, 1.807) is 92.0 Å². The highest BCUT2D eigenvalue weighted by Crippen LogP contribution is 2.47. The Morgan fingerprint density at radius 2 is 0.957 bits per heavy atom. The number of phenolic OH excluding ortho intramolecular Hbond substituents is 4. The van der Waals surface area contributed by atoms with E-state index in [0.717, 1.165) is 71.9 Å². The molecule has 0 aliphatic heterocycles. The highest BCUT2D eigenvalue weighted by molar-refractivity contribution is 8.00. The highest BCUT2D eigenvalue weighted by Gasteiger charge is 2.25. The summed E-state index contributed by atoms with van der Waals surface area (Å²) < 4.78 is 13.5. The second kappa shape index (κ2) is 36.5. The third kappa shape index (κ3) is 18.2. The van der Waals surface area contributed by atoms with E-state index in [-0.39, 0.29) is 96.6 Å². The number of ketones is 2. The Bertz CT molecular complexity index is 6610. The quantitative estimate of drug-likeness (QED) is 0.0157. The normalized spacial score (nSPS) is 11.2. The number of carbonyl (C=O) groups is 8. The first kappa shape index (κ1) is 81.9. The predicted molar refractivity (Wildman–Crippen MR) is 451 cm³/mol. The topological polar surface area (TPSA) is 482 Å². The molecule has 0 aliphatic rings. The van der Waals surface area contributed by atoms with Crippen LogP contribution >= 0.6 is 57.7 Å². The van der Waals surface area contributed by atoms with Crippen LogP contribution in [0.1, 0.15) is 103 Å². The zero-order chi connectivity index (χ0) is 83.3. The van der Waals surface area contributed by atoms with Crippen molar-refractivity contribution in [3.8, 4) is 34.3 Å². The molecule has 117 heavy (non-hydrogen) atoms. The van der Waals surface area contributed by atoms with Crippen LogP contribution in [-0.2, 0) is 4.79 Å². The van der Waals surface area contributed by atoms with Gasteiger partial charge in [-0.3, -0.25) is 43.3 Å². The van der Waals surface area contributed by atoms with E-state index in [4.69, 9.17) is 11.5 Å². The summed E-state index contributed by atoms with van der Waals surface area (Å²) in [5.41, 5.74) is 17.1. The van der Waals surface area contributed by atoms with Crippen LogP contribution in [0.4, 0.5) is 48.6 Å². The van der Waals surface area contributed by atoms with Crippen molar-refractivity contribution in [2.24, 2.45) is 52.4 Å². The number of anilines is 1. The fraction of sp³-hybridized carbons (Fsp3) is 0.0864. The van der Waals surface area contributed by atoms with Gasteiger partial charge in [-0.15, -0.1) is 51.1 Å². The number of amides is 5. The number of nitrogens with zero attached hydrogens (tertiary/aromatic N) is 14. The van der Waals surface area contributed by atoms with Crippen molar-refractivity contribution in [2.75, 3.05) is 25.7 Å². The minimum atomic E-state index is -0.607. The Hall–Kier alpha value is -14.6. The molecule has 0 radical (unpaired) electrons. The minimum Gasteiger partial charge on any atom is -0.505 e. The number of rotatable bonds is 19. The molecule has 5 aromatic heterocycles. The lowest BCUT2D eigenvalue weighted by Gasteiger charge is -2.10. The van der Waals surface area contributed by atoms with Crippen molar-refractivity contribution in [3.63, 3.8) is 0 Å². The molecule has 0 aliphatic carbocycles. The number of benzene rings is 10. The van der Waals surface area contributed by atoms with E-state index < -0.39 is 23.6 Å². The molecule has 36 heteroatoms. The number of azo groups is 4. The smallest absolute Gasteiger partial charge is 0.254 e. The number of hydrogen-bond acceptors (Lipinski definition) is 31. The summed E-state index contributed by atoms with van der Waals surface area (Å²) in [6.07, 6.45) is 4.22. The van der Waals surface area contributed by atoms with Crippen molar-refractivity contribution >= 4 is 208 Å². The Balaban J connectivity index is 0.000000144. The van der Waals surface area contributed by atoms with E-state index in [1.165, 1.54) is 81.4 Å². The molecule has 10 aromatic carbocycles. The molecular weight excluding hydrogens is 1590 g/mol. The van der Waals surface area contributed by atoms with Crippen LogP contribution in [0.5, 0.6) is 23.0 Å². The molecule has 5 amide bonds. The maximum atomic E-state index is 13.0. The summed E-state index contributed by atoms with van der Waals surface area (Å²) in [7, 11) is 2.89. The van der Waals surface area contributed by atoms with Crippen molar-refractivity contribution < 1.29 is 58.8 Å². The average Bonchev–Trinajstić information content (AvgIpc) is 1.45. The number of nitrogens with one attached hydrogen (secondary N) is 3. The molecule has 0 unspecified atom stereocenters. The summed E-state index contributed by atoms with van der Waals surface area (Å²) in [5.74, 6) is -4.07. The van der Waals surface area contributed by atoms with Gasteiger partial charge in [0.2, 0.25) is 17.7 Å². The summed E-state index contributed by atoms with van der Waals surface area (Å²) in [6.45, 7) is 6.40. The van der Waals surface area contributed by atoms with Gasteiger partial charge in [-0.1, -0.05) is 120 Å². The van der Waals surface area contributed by atoms with Gasteiger partial charge >= 0.3 is 0 Å². The molecule has 584 valence electrons. The third-order valence-electron chi connectivity index (χ3n) is 17.4. The Morgan fingerprint density at radius 1 is 0.470 bits per heavy atom. The Kier molecular flexibility index (Phi) is 25.5. The Morgan fingerprint density at radius 3 is 1.49 bits per heavy atom. The summed E-state index contributed by atoms with van der Waals surface area (Å²) in [4.78, 5) is 99.3. The number of Topliss-reactive ketones (excluding diaryl/α,β-unsaturated/α-hetero) is 1. The number of aldehydes is 1. The number of carbonyl (C=O) groups excluding carboxylic acids is 8. The van der Waals surface area contributed by atoms with Gasteiger partial charge in [-0.2, -0.15) is 13.1 Å². The maximum absolute atomic E-state index is 13.0. The number of pyridine rings is 1. The fourth-order valence-corrected chi connectivity index (χ4v) is 14.9. The number of aryl methyl sites for hydroxylation is 2. The van der Waals surface area contributed by atoms with Crippen LogP contribution in [0.25, 0.3) is 65.3 Å². The zero-order valence-electron chi connectivity index (χ0n) is 62.4. The molecule has 0 saturated carbocycles. The maximum Gasteiger partial charge on any atom is 0.254 e. The molecule has 0 atom stereocenters. The molecule has 0 spiro atoms. The molecular formula is C81H63N19O12S5. The number of nitrogens with two attached hydrogens (primary N) is 2. The predicted octanol–water partition coefficient (Wildman–Crippen LogP) is 18.7. The largest absolute Gasteiger partial charge is 0.505 e. The van der Waals surface area contributed by atoms with Gasteiger partial charge in [-0.25, -0.2) is 0 Å². The van der Waals surface area contributed by atoms with Crippen LogP contribution in [0.3, 0.4) is 0 Å². The van der Waals surface area contributed by atoms with Crippen molar-refractivity contribution in [1.82, 2.24) is 38.9 Å². The van der Waals surface area contributed by atoms with Crippen LogP contribution in [0, 0.1) is 13.8 Å². The Labute approximate surface area is 683 Å². The third-order valence-corrected chi connectivity index (χ3v) is 21.6. The van der Waals surface area contributed by atoms with Gasteiger partial charge in [0.05, 0.1) is 56.0 Å². The van der Waals surface area contributed by atoms with Gasteiger partial charge in [0, 0.05) is 76.5 Å². The lowest BCUT2D eigenvalue weighted by atomic mass is 9.97. The zero-order valence-corrected chi connectivity index (χ0v) is 66.5. The highest BCUT2D eigenvalue weighted by atomic mass is 32.2. The molecule has 31 nitrogen and oxygen atoms in total. The molecule has 15 rings (SSSR count). The van der Waals surface area contributed by atoms with Crippen LogP contribution in [0.15, 0.2) is 227 Å². The SMILES string of the molecule is CC(=O)Nc1ccc2nsc(N=Nc3c(O)c(C(C)=O)cc4ccccc34)c2c1.CNC(=O)c1cc2cc(C(N)=O)ccc2c(N=Nc2nnc(SC)s2)c1O.CNC(=O)c1cc2cc(C(N)=O)ccc2c(N=Nc2snc(C)c2-c2ccccn2)c1O.Cc1nsc(N=Nc2c(O)c(C(=O)c3ccccc3)cc3ccccc23)c1C=O. The van der Waals surface area contributed by atoms with Crippen LogP contribution in [0.2, 0.25) is 0 Å². The monoisotopic (exact) mass is 1650 g/mol. The molecule has 15 aromatic rings. The molecule has 5 heterocycles. The van der Waals surface area contributed by atoms with E-state index in [2.05, 4.69) is 85.2 Å². The first-order valence-corrected chi connectivity index (χ1v) is 39.0. The van der Waals surface area contributed by atoms with Crippen molar-refractivity contribution in [1.29, 1.82) is 0 Å². The summed E-state index contributed by atoms with van der Waals surface area (Å²) in [5, 5.41) is 99.2. The number of aromatic hydroxyl groups is 4. The molecule has 11 N–H and O–H groups in total. The number of hydrogen-bond donors (Lipinski definition) is 9. The summed E-state index contributed by atoms with van der Waals surface area (Å²) >= 11 is 6.03. The lowest BCUT2D eigenvalue weighted by molar-refractivity contribution is -0.114. The average molecular weight is 1650 g/mol. The number of thioether (sulfide) groups is 1. The van der Waals surface area contributed by atoms with Gasteiger partial charge in [0.25, 0.3) is 16.9 Å². The van der Waals surface area contributed by atoms with Crippen LogP contribution < -0.4 is 27.4 Å². The van der Waals surface area contributed by atoms with Gasteiger partial charge in [0.15, 0.2) is 60.2 Å². The number of phenols is 4. The number of primary amides is 2. The van der Waals surface area contributed by atoms with Crippen LogP contribution in [-0.4, -0.2) is 116 Å². The number of fused-ring (bicyclic) bond motifs is 5. The van der Waals surface area contributed by atoms with Crippen molar-refractivity contribution in [3.05, 3.63) is 238 Å². The minimum absolute atomic E-state index is 0.000931. The van der Waals surface area contributed by atoms with E-state index in [1.807, 2.05) is 79.9 Å². The second-order valence-corrected chi connectivity index (χ2v) is 29.2. The van der Waals surface area contributed by atoms with E-state index in [9.17, 15) is 58.8 Å². The van der Waals surface area contributed by atoms with E-state index >= 15 is 0 Å². The standard InChI is InChI=1S/C22H18N6O3S.C22H15N3O3S.C21H16N4O3S.C16H14N6O3S2/c1-11-17(16-5-3-4-8-25-16)22(32-28-11)27-26-18-14-7-6-12(20(23)30)9-13(14)10-15(19(18)29)21(31)24-2;1-13-18(12-26)22(29-25-13)24-23-19-16-10-6-5-9-15(16)11-17(21(19)28)20(27)14-7-3-2-4-8-14;1-11(26)16-9-13-5-3-4-6-15(13)19(20(16)28)23-24-21-17-10-14(22-12(2)27)7-8-18(17)25-29-21;1-18-14(25)10-6-8-5-7(13(17)24)3-4-9(8)11(12(10)23)19-20-15-21-22-16(26-2)27-15/h3-10,29H,1-2H3,(H2,23,30)(H,24,31);2-12,28H,1H3;3-10,28H,1-2H3,(H,22,27);3-6,23H,1-2H3,(H2,17,24)(H,18,25). The van der Waals surface area contributed by atoms with Crippen molar-refractivity contribution in [2.45, 2.75) is 32.0 Å². The van der Waals surface area contributed by atoms with Gasteiger partial charge in [-0.05, 0) is 162 Å². The fourth-order valence-electron chi connectivity index (χ4n) is 11.7. The summed E-state index contributed by atoms with van der Waals surface area (Å²) in [6, 6.07) is 49.7. The van der Waals surface area contributed by atoms with Gasteiger partial charge < -0.3 is 47.8 Å². The van der Waals surface area contributed by atoms with E-state index in [0.29, 0.717) is 86.9 Å².